The summed E-state index contributed by atoms with van der Waals surface area (Å²) in [6, 6.07) is 5.53. The van der Waals surface area contributed by atoms with Crippen molar-refractivity contribution in [2.75, 3.05) is 6.54 Å². The summed E-state index contributed by atoms with van der Waals surface area (Å²) in [6.07, 6.45) is 5.26. The van der Waals surface area contributed by atoms with E-state index in [0.29, 0.717) is 11.5 Å². The molecule has 25 heavy (non-hydrogen) atoms. The monoisotopic (exact) mass is 341 g/mol. The van der Waals surface area contributed by atoms with Gasteiger partial charge in [0.05, 0.1) is 18.4 Å². The molecule has 1 aliphatic carbocycles. The van der Waals surface area contributed by atoms with Crippen molar-refractivity contribution < 1.29 is 14.4 Å². The third kappa shape index (κ3) is 2.77. The lowest BCUT2D eigenvalue weighted by atomic mass is 9.81. The van der Waals surface area contributed by atoms with Crippen LogP contribution in [0.4, 0.5) is 0 Å². The Morgan fingerprint density at radius 3 is 2.56 bits per heavy atom. The van der Waals surface area contributed by atoms with Crippen molar-refractivity contribution in [1.82, 2.24) is 24.8 Å². The van der Waals surface area contributed by atoms with Crippen LogP contribution >= 0.6 is 0 Å². The van der Waals surface area contributed by atoms with Crippen molar-refractivity contribution in [2.45, 2.75) is 32.2 Å². The Bertz CT molecular complexity index is 822. The Balaban J connectivity index is 1.39. The molecule has 2 fully saturated rings. The number of rotatable bonds is 4. The highest BCUT2D eigenvalue weighted by atomic mass is 16.2. The van der Waals surface area contributed by atoms with E-state index in [0.717, 1.165) is 30.6 Å². The lowest BCUT2D eigenvalue weighted by Gasteiger charge is -2.19. The van der Waals surface area contributed by atoms with Crippen molar-refractivity contribution in [1.29, 1.82) is 0 Å². The summed E-state index contributed by atoms with van der Waals surface area (Å²) in [5.74, 6) is -0.621. The minimum absolute atomic E-state index is 0.188. The van der Waals surface area contributed by atoms with Gasteiger partial charge in [-0.25, -0.2) is 0 Å². The van der Waals surface area contributed by atoms with Crippen LogP contribution < -0.4 is 5.32 Å². The average molecular weight is 341 g/mol. The second-order valence-electron chi connectivity index (χ2n) is 6.58. The first-order valence-corrected chi connectivity index (χ1v) is 8.55. The van der Waals surface area contributed by atoms with E-state index in [9.17, 15) is 14.4 Å². The van der Waals surface area contributed by atoms with Crippen LogP contribution in [-0.4, -0.2) is 43.8 Å². The summed E-state index contributed by atoms with van der Waals surface area (Å²) in [5, 5.41) is 10.8. The standard InChI is InChI=1S/C17H19N5O3/c23-15(18-9-14-20-19-13-7-3-4-8-21(13)14)10-22-16(24)11-5-1-2-6-12(11)17(22)25/h3-4,7-8,11-12H,1-2,5-6,9-10H2,(H,18,23). The molecule has 1 saturated heterocycles. The van der Waals surface area contributed by atoms with E-state index < -0.39 is 0 Å². The quantitative estimate of drug-likeness (QED) is 0.818. The SMILES string of the molecule is O=C(CN1C(=O)C2CCCCC2C1=O)NCc1nnc2ccccn12. The maximum atomic E-state index is 12.4. The first-order valence-electron chi connectivity index (χ1n) is 8.55. The largest absolute Gasteiger partial charge is 0.347 e. The molecule has 2 aromatic rings. The Labute approximate surface area is 144 Å². The molecule has 3 amide bonds. The maximum absolute atomic E-state index is 12.4. The molecule has 2 atom stereocenters. The highest BCUT2D eigenvalue weighted by molar-refractivity contribution is 6.07. The third-order valence-corrected chi connectivity index (χ3v) is 5.06. The Morgan fingerprint density at radius 2 is 1.84 bits per heavy atom. The molecular weight excluding hydrogens is 322 g/mol. The predicted molar refractivity (Wildman–Crippen MR) is 87.0 cm³/mol. The number of amides is 3. The summed E-state index contributed by atoms with van der Waals surface area (Å²) >= 11 is 0. The number of likely N-dealkylation sites (tertiary alicyclic amines) is 1. The summed E-state index contributed by atoms with van der Waals surface area (Å²) in [4.78, 5) is 38.1. The molecule has 8 heteroatoms. The summed E-state index contributed by atoms with van der Waals surface area (Å²) in [5.41, 5.74) is 0.695. The smallest absolute Gasteiger partial charge is 0.240 e. The number of carbonyl (C=O) groups is 3. The van der Waals surface area contributed by atoms with Gasteiger partial charge in [-0.15, -0.1) is 10.2 Å². The van der Waals surface area contributed by atoms with Gasteiger partial charge in [-0.2, -0.15) is 0 Å². The number of carbonyl (C=O) groups excluding carboxylic acids is 3. The molecular formula is C17H19N5O3. The zero-order valence-electron chi connectivity index (χ0n) is 13.7. The van der Waals surface area contributed by atoms with Gasteiger partial charge in [0.15, 0.2) is 11.5 Å². The van der Waals surface area contributed by atoms with Gasteiger partial charge in [-0.05, 0) is 25.0 Å². The van der Waals surface area contributed by atoms with Crippen LogP contribution in [0.15, 0.2) is 24.4 Å². The lowest BCUT2D eigenvalue weighted by Crippen LogP contribution is -2.41. The van der Waals surface area contributed by atoms with Gasteiger partial charge >= 0.3 is 0 Å². The van der Waals surface area contributed by atoms with Crippen LogP contribution in [-0.2, 0) is 20.9 Å². The van der Waals surface area contributed by atoms with E-state index in [1.807, 2.05) is 24.4 Å². The van der Waals surface area contributed by atoms with Gasteiger partial charge < -0.3 is 5.32 Å². The molecule has 130 valence electrons. The fourth-order valence-corrected chi connectivity index (χ4v) is 3.78. The van der Waals surface area contributed by atoms with Gasteiger partial charge in [0.25, 0.3) is 0 Å². The molecule has 0 bridgehead atoms. The second kappa shape index (κ2) is 6.27. The van der Waals surface area contributed by atoms with E-state index in [-0.39, 0.29) is 42.6 Å². The van der Waals surface area contributed by atoms with E-state index in [4.69, 9.17) is 0 Å². The fourth-order valence-electron chi connectivity index (χ4n) is 3.78. The molecule has 4 rings (SSSR count). The number of imide groups is 1. The Hall–Kier alpha value is -2.77. The zero-order valence-corrected chi connectivity index (χ0v) is 13.7. The Kier molecular flexibility index (Phi) is 3.95. The highest BCUT2D eigenvalue weighted by Crippen LogP contribution is 2.37. The summed E-state index contributed by atoms with van der Waals surface area (Å²) in [7, 11) is 0. The van der Waals surface area contributed by atoms with Crippen molar-refractivity contribution in [3.05, 3.63) is 30.2 Å². The van der Waals surface area contributed by atoms with Gasteiger partial charge in [-0.1, -0.05) is 18.9 Å². The molecule has 0 spiro atoms. The topological polar surface area (TPSA) is 96.7 Å². The lowest BCUT2D eigenvalue weighted by molar-refractivity contribution is -0.143. The number of pyridine rings is 1. The first kappa shape index (κ1) is 15.7. The molecule has 2 aromatic heterocycles. The van der Waals surface area contributed by atoms with E-state index in [2.05, 4.69) is 15.5 Å². The van der Waals surface area contributed by atoms with Crippen molar-refractivity contribution in [3.63, 3.8) is 0 Å². The third-order valence-electron chi connectivity index (χ3n) is 5.06. The van der Waals surface area contributed by atoms with Crippen LogP contribution in [0.5, 0.6) is 0 Å². The summed E-state index contributed by atoms with van der Waals surface area (Å²) in [6.45, 7) is -0.0332. The molecule has 2 aliphatic rings. The van der Waals surface area contributed by atoms with Gasteiger partial charge in [-0.3, -0.25) is 23.7 Å². The van der Waals surface area contributed by atoms with Crippen LogP contribution in [0, 0.1) is 11.8 Å². The van der Waals surface area contributed by atoms with Gasteiger partial charge in [0.2, 0.25) is 17.7 Å². The molecule has 1 saturated carbocycles. The van der Waals surface area contributed by atoms with Crippen molar-refractivity contribution in [3.8, 4) is 0 Å². The van der Waals surface area contributed by atoms with Crippen LogP contribution in [0.2, 0.25) is 0 Å². The Morgan fingerprint density at radius 1 is 1.12 bits per heavy atom. The molecule has 2 unspecified atom stereocenters. The molecule has 8 nitrogen and oxygen atoms in total. The normalized spacial score (nSPS) is 23.1. The van der Waals surface area contributed by atoms with E-state index in [1.54, 1.807) is 4.40 Å². The number of hydrogen-bond donors (Lipinski definition) is 1. The average Bonchev–Trinajstić information content (AvgIpc) is 3.15. The van der Waals surface area contributed by atoms with Crippen LogP contribution in [0.1, 0.15) is 31.5 Å². The number of fused-ring (bicyclic) bond motifs is 2. The van der Waals surface area contributed by atoms with Crippen molar-refractivity contribution in [2.24, 2.45) is 11.8 Å². The minimum atomic E-state index is -0.368. The van der Waals surface area contributed by atoms with E-state index >= 15 is 0 Å². The molecule has 1 aliphatic heterocycles. The van der Waals surface area contributed by atoms with Gasteiger partial charge in [0, 0.05) is 6.20 Å². The van der Waals surface area contributed by atoms with Crippen LogP contribution in [0.25, 0.3) is 5.65 Å². The van der Waals surface area contributed by atoms with Crippen LogP contribution in [0.3, 0.4) is 0 Å². The van der Waals surface area contributed by atoms with E-state index in [1.165, 1.54) is 0 Å². The molecule has 0 radical (unpaired) electrons. The number of hydrogen-bond acceptors (Lipinski definition) is 5. The molecule has 3 heterocycles. The van der Waals surface area contributed by atoms with Gasteiger partial charge in [0.1, 0.15) is 6.54 Å². The zero-order chi connectivity index (χ0) is 17.4. The molecule has 0 aromatic carbocycles. The minimum Gasteiger partial charge on any atom is -0.347 e. The summed E-state index contributed by atoms with van der Waals surface area (Å²) < 4.78 is 1.78. The highest BCUT2D eigenvalue weighted by Gasteiger charge is 2.48. The molecule has 1 N–H and O–H groups in total. The number of nitrogens with zero attached hydrogens (tertiary/aromatic N) is 4. The predicted octanol–water partition coefficient (Wildman–Crippen LogP) is 0.521. The van der Waals surface area contributed by atoms with Crippen molar-refractivity contribution >= 4 is 23.4 Å². The maximum Gasteiger partial charge on any atom is 0.240 e. The second-order valence-corrected chi connectivity index (χ2v) is 6.58. The number of nitrogens with one attached hydrogen (secondary N) is 1. The number of aromatic nitrogens is 3. The first-order chi connectivity index (χ1) is 12.1. The fraction of sp³-hybridized carbons (Fsp3) is 0.471.